The summed E-state index contributed by atoms with van der Waals surface area (Å²) in [4.78, 5) is 11.4. The lowest BCUT2D eigenvalue weighted by atomic mass is 9.87. The number of thiocarbonyl (C=S) groups is 1. The smallest absolute Gasteiger partial charge is 0.311 e. The van der Waals surface area contributed by atoms with Crippen LogP contribution < -0.4 is 0 Å². The minimum atomic E-state index is -0.367. The second-order valence-corrected chi connectivity index (χ2v) is 4.00. The number of hydrogen-bond acceptors (Lipinski definition) is 3. The van der Waals surface area contributed by atoms with Gasteiger partial charge in [0.15, 0.2) is 0 Å². The maximum Gasteiger partial charge on any atom is 0.311 e. The van der Waals surface area contributed by atoms with Crippen molar-refractivity contribution in [2.45, 2.75) is 40.0 Å². The molecule has 0 aliphatic rings. The van der Waals surface area contributed by atoms with E-state index >= 15 is 0 Å². The third kappa shape index (κ3) is 4.98. The summed E-state index contributed by atoms with van der Waals surface area (Å²) < 4.78 is 4.96. The molecule has 0 aromatic heterocycles. The SMILES string of the molecule is CCOC(=O)C(C)(C)CCCC=S. The van der Waals surface area contributed by atoms with E-state index in [4.69, 9.17) is 17.0 Å². The highest BCUT2D eigenvalue weighted by Gasteiger charge is 2.27. The van der Waals surface area contributed by atoms with Gasteiger partial charge in [0.2, 0.25) is 0 Å². The van der Waals surface area contributed by atoms with Crippen molar-refractivity contribution in [3.8, 4) is 0 Å². The van der Waals surface area contributed by atoms with Crippen molar-refractivity contribution in [1.82, 2.24) is 0 Å². The van der Waals surface area contributed by atoms with Crippen LogP contribution in [0.25, 0.3) is 0 Å². The molecule has 0 saturated carbocycles. The Kier molecular flexibility index (Phi) is 5.88. The summed E-state index contributed by atoms with van der Waals surface area (Å²) in [6, 6.07) is 0. The molecule has 76 valence electrons. The molecule has 0 atom stereocenters. The van der Waals surface area contributed by atoms with Crippen molar-refractivity contribution in [2.24, 2.45) is 5.41 Å². The summed E-state index contributed by atoms with van der Waals surface area (Å²) >= 11 is 4.72. The van der Waals surface area contributed by atoms with E-state index in [2.05, 4.69) is 0 Å². The van der Waals surface area contributed by atoms with Crippen LogP contribution in [-0.2, 0) is 9.53 Å². The summed E-state index contributed by atoms with van der Waals surface area (Å²) in [6.07, 6.45) is 2.67. The third-order valence-electron chi connectivity index (χ3n) is 1.95. The average Bonchev–Trinajstić information content (AvgIpc) is 2.05. The van der Waals surface area contributed by atoms with E-state index in [0.717, 1.165) is 19.3 Å². The number of ether oxygens (including phenoxy) is 1. The Hall–Kier alpha value is -0.440. The number of rotatable bonds is 6. The van der Waals surface area contributed by atoms with Gasteiger partial charge in [-0.25, -0.2) is 0 Å². The molecular formula is C10H18O2S. The number of carbonyl (C=O) groups is 1. The van der Waals surface area contributed by atoms with Gasteiger partial charge in [-0.2, -0.15) is 0 Å². The highest BCUT2D eigenvalue weighted by molar-refractivity contribution is 7.78. The van der Waals surface area contributed by atoms with Gasteiger partial charge < -0.3 is 4.74 Å². The second-order valence-electron chi connectivity index (χ2n) is 3.66. The lowest BCUT2D eigenvalue weighted by molar-refractivity contribution is -0.153. The lowest BCUT2D eigenvalue weighted by Gasteiger charge is -2.21. The molecule has 0 bridgehead atoms. The topological polar surface area (TPSA) is 26.3 Å². The maximum absolute atomic E-state index is 11.4. The third-order valence-corrected chi connectivity index (χ3v) is 2.19. The van der Waals surface area contributed by atoms with Gasteiger partial charge in [-0.1, -0.05) is 12.2 Å². The minimum Gasteiger partial charge on any atom is -0.466 e. The number of carbonyl (C=O) groups excluding carboxylic acids is 1. The van der Waals surface area contributed by atoms with Gasteiger partial charge in [0, 0.05) is 0 Å². The molecule has 0 saturated heterocycles. The summed E-state index contributed by atoms with van der Waals surface area (Å²) in [6.45, 7) is 6.10. The first-order chi connectivity index (χ1) is 6.04. The van der Waals surface area contributed by atoms with Crippen LogP contribution >= 0.6 is 12.2 Å². The van der Waals surface area contributed by atoms with Gasteiger partial charge >= 0.3 is 5.97 Å². The average molecular weight is 202 g/mol. The fraction of sp³-hybridized carbons (Fsp3) is 0.800. The van der Waals surface area contributed by atoms with E-state index in [-0.39, 0.29) is 11.4 Å². The standard InChI is InChI=1S/C10H18O2S/c1-4-12-9(11)10(2,3)7-5-6-8-13/h8H,4-7H2,1-3H3. The fourth-order valence-corrected chi connectivity index (χ4v) is 1.22. The molecule has 0 amide bonds. The second kappa shape index (κ2) is 6.08. The van der Waals surface area contributed by atoms with E-state index in [0.29, 0.717) is 6.61 Å². The Morgan fingerprint density at radius 3 is 2.62 bits per heavy atom. The van der Waals surface area contributed by atoms with Gasteiger partial charge in [-0.05, 0) is 45.4 Å². The van der Waals surface area contributed by atoms with Crippen molar-refractivity contribution >= 4 is 23.6 Å². The van der Waals surface area contributed by atoms with E-state index < -0.39 is 0 Å². The predicted molar refractivity (Wildman–Crippen MR) is 57.9 cm³/mol. The van der Waals surface area contributed by atoms with Gasteiger partial charge in [-0.15, -0.1) is 0 Å². The number of hydrogen-bond donors (Lipinski definition) is 0. The van der Waals surface area contributed by atoms with E-state index in [1.807, 2.05) is 20.8 Å². The maximum atomic E-state index is 11.4. The molecule has 0 spiro atoms. The summed E-state index contributed by atoms with van der Waals surface area (Å²) in [5, 5.41) is 1.71. The van der Waals surface area contributed by atoms with Crippen LogP contribution in [0.1, 0.15) is 40.0 Å². The van der Waals surface area contributed by atoms with E-state index in [1.54, 1.807) is 5.37 Å². The lowest BCUT2D eigenvalue weighted by Crippen LogP contribution is -2.26. The van der Waals surface area contributed by atoms with Crippen molar-refractivity contribution < 1.29 is 9.53 Å². The molecule has 3 heteroatoms. The first-order valence-electron chi connectivity index (χ1n) is 4.65. The molecule has 0 rings (SSSR count). The minimum absolute atomic E-state index is 0.112. The molecule has 0 aliphatic carbocycles. The zero-order valence-electron chi connectivity index (χ0n) is 8.63. The molecule has 0 fully saturated rings. The van der Waals surface area contributed by atoms with Crippen molar-refractivity contribution in [3.63, 3.8) is 0 Å². The van der Waals surface area contributed by atoms with Crippen LogP contribution in [-0.4, -0.2) is 17.9 Å². The van der Waals surface area contributed by atoms with Gasteiger partial charge in [-0.3, -0.25) is 4.79 Å². The molecule has 0 radical (unpaired) electrons. The molecule has 0 unspecified atom stereocenters. The van der Waals surface area contributed by atoms with E-state index in [9.17, 15) is 4.79 Å². The van der Waals surface area contributed by atoms with Crippen LogP contribution in [0.5, 0.6) is 0 Å². The zero-order valence-corrected chi connectivity index (χ0v) is 9.45. The Bertz CT molecular complexity index is 176. The molecule has 0 aromatic rings. The Morgan fingerprint density at radius 1 is 1.54 bits per heavy atom. The molecular weight excluding hydrogens is 184 g/mol. The van der Waals surface area contributed by atoms with Crippen LogP contribution in [0.15, 0.2) is 0 Å². The van der Waals surface area contributed by atoms with Crippen LogP contribution in [0.3, 0.4) is 0 Å². The highest BCUT2D eigenvalue weighted by atomic mass is 32.1. The monoisotopic (exact) mass is 202 g/mol. The van der Waals surface area contributed by atoms with Gasteiger partial charge in [0.05, 0.1) is 12.0 Å². The van der Waals surface area contributed by atoms with Crippen molar-refractivity contribution in [2.75, 3.05) is 6.61 Å². The van der Waals surface area contributed by atoms with Gasteiger partial charge in [0.1, 0.15) is 0 Å². The summed E-state index contributed by atoms with van der Waals surface area (Å²) in [5.74, 6) is -0.112. The highest BCUT2D eigenvalue weighted by Crippen LogP contribution is 2.24. The van der Waals surface area contributed by atoms with E-state index in [1.165, 1.54) is 0 Å². The summed E-state index contributed by atoms with van der Waals surface area (Å²) in [5.41, 5.74) is -0.367. The number of esters is 1. The summed E-state index contributed by atoms with van der Waals surface area (Å²) in [7, 11) is 0. The van der Waals surface area contributed by atoms with Crippen molar-refractivity contribution in [1.29, 1.82) is 0 Å². The Labute approximate surface area is 85.7 Å². The zero-order chi connectivity index (χ0) is 10.3. The normalized spacial score (nSPS) is 11.0. The molecule has 13 heavy (non-hydrogen) atoms. The molecule has 0 N–H and O–H groups in total. The Morgan fingerprint density at radius 2 is 2.15 bits per heavy atom. The number of unbranched alkanes of at least 4 members (excludes halogenated alkanes) is 1. The first kappa shape index (κ1) is 12.6. The largest absolute Gasteiger partial charge is 0.466 e. The Balaban J connectivity index is 3.90. The quantitative estimate of drug-likeness (QED) is 0.376. The molecule has 0 heterocycles. The van der Waals surface area contributed by atoms with Crippen molar-refractivity contribution in [3.05, 3.63) is 0 Å². The predicted octanol–water partition coefficient (Wildman–Crippen LogP) is 2.75. The van der Waals surface area contributed by atoms with Crippen LogP contribution in [0.2, 0.25) is 0 Å². The first-order valence-corrected chi connectivity index (χ1v) is 5.12. The van der Waals surface area contributed by atoms with Crippen LogP contribution in [0, 0.1) is 5.41 Å². The molecule has 0 aromatic carbocycles. The van der Waals surface area contributed by atoms with Crippen LogP contribution in [0.4, 0.5) is 0 Å². The molecule has 0 aliphatic heterocycles. The van der Waals surface area contributed by atoms with Gasteiger partial charge in [0.25, 0.3) is 0 Å². The molecule has 2 nitrogen and oxygen atoms in total. The fourth-order valence-electron chi connectivity index (χ4n) is 1.06.